The van der Waals surface area contributed by atoms with E-state index in [1.807, 2.05) is 36.4 Å². The molecule has 1 fully saturated rings. The van der Waals surface area contributed by atoms with Crippen LogP contribution in [0.25, 0.3) is 0 Å². The molecule has 1 saturated heterocycles. The third kappa shape index (κ3) is 4.61. The van der Waals surface area contributed by atoms with Gasteiger partial charge in [0.2, 0.25) is 5.91 Å². The Morgan fingerprint density at radius 3 is 2.69 bits per heavy atom. The van der Waals surface area contributed by atoms with Crippen LogP contribution in [0.1, 0.15) is 37.3 Å². The van der Waals surface area contributed by atoms with E-state index in [1.165, 1.54) is 17.5 Å². The quantitative estimate of drug-likeness (QED) is 0.842. The zero-order chi connectivity index (χ0) is 20.2. The molecule has 5 nitrogen and oxygen atoms in total. The number of ether oxygens (including phenoxy) is 1. The maximum atomic E-state index is 12.9. The van der Waals surface area contributed by atoms with E-state index >= 15 is 0 Å². The first-order valence-electron chi connectivity index (χ1n) is 10.5. The largest absolute Gasteiger partial charge is 0.481 e. The fourth-order valence-corrected chi connectivity index (χ4v) is 4.29. The molecule has 4 rings (SSSR count). The zero-order valence-electron chi connectivity index (χ0n) is 16.9. The first-order chi connectivity index (χ1) is 14.1. The number of benzene rings is 2. The second kappa shape index (κ2) is 8.68. The average Bonchev–Trinajstić information content (AvgIpc) is 3.22. The summed E-state index contributed by atoms with van der Waals surface area (Å²) in [5.74, 6) is 0.477. The van der Waals surface area contributed by atoms with Crippen LogP contribution in [-0.4, -0.2) is 35.9 Å². The minimum Gasteiger partial charge on any atom is -0.481 e. The first kappa shape index (κ1) is 19.5. The summed E-state index contributed by atoms with van der Waals surface area (Å²) >= 11 is 0. The van der Waals surface area contributed by atoms with E-state index in [0.29, 0.717) is 13.1 Å². The van der Waals surface area contributed by atoms with Crippen molar-refractivity contribution in [3.8, 4) is 5.75 Å². The van der Waals surface area contributed by atoms with Crippen molar-refractivity contribution < 1.29 is 14.3 Å². The molecule has 0 radical (unpaired) electrons. The molecular weight excluding hydrogens is 364 g/mol. The fourth-order valence-electron chi connectivity index (χ4n) is 4.29. The third-order valence-corrected chi connectivity index (χ3v) is 5.88. The predicted molar refractivity (Wildman–Crippen MR) is 113 cm³/mol. The normalized spacial score (nSPS) is 19.3. The highest BCUT2D eigenvalue weighted by molar-refractivity contribution is 5.93. The molecule has 5 heteroatoms. The lowest BCUT2D eigenvalue weighted by molar-refractivity contribution is -0.140. The molecule has 1 aliphatic carbocycles. The lowest BCUT2D eigenvalue weighted by Crippen LogP contribution is -2.48. The number of amides is 2. The molecule has 2 aromatic carbocycles. The number of anilines is 1. The first-order valence-corrected chi connectivity index (χ1v) is 10.5. The summed E-state index contributed by atoms with van der Waals surface area (Å²) in [5, 5.41) is 2.96. The van der Waals surface area contributed by atoms with Crippen LogP contribution in [0, 0.1) is 5.92 Å². The van der Waals surface area contributed by atoms with E-state index in [9.17, 15) is 9.59 Å². The molecule has 1 N–H and O–H groups in total. The minimum absolute atomic E-state index is 0.0270. The molecule has 2 aliphatic rings. The number of nitrogens with zero attached hydrogens (tertiary/aromatic N) is 1. The van der Waals surface area contributed by atoms with E-state index < -0.39 is 6.10 Å². The van der Waals surface area contributed by atoms with Crippen LogP contribution in [0.4, 0.5) is 5.69 Å². The van der Waals surface area contributed by atoms with Crippen LogP contribution >= 0.6 is 0 Å². The Kier molecular flexibility index (Phi) is 5.84. The van der Waals surface area contributed by atoms with Crippen molar-refractivity contribution in [2.24, 2.45) is 5.92 Å². The molecular formula is C24H28N2O3. The number of carbonyl (C=O) groups is 2. The number of aryl methyl sites for hydroxylation is 2. The lowest BCUT2D eigenvalue weighted by Gasteiger charge is -2.33. The van der Waals surface area contributed by atoms with Crippen LogP contribution in [-0.2, 0) is 22.4 Å². The van der Waals surface area contributed by atoms with Crippen molar-refractivity contribution in [3.63, 3.8) is 0 Å². The van der Waals surface area contributed by atoms with Gasteiger partial charge in [0, 0.05) is 18.8 Å². The Hall–Kier alpha value is -2.82. The van der Waals surface area contributed by atoms with Crippen LogP contribution in [0.3, 0.4) is 0 Å². The topological polar surface area (TPSA) is 58.6 Å². The summed E-state index contributed by atoms with van der Waals surface area (Å²) in [6, 6.07) is 15.6. The zero-order valence-corrected chi connectivity index (χ0v) is 16.9. The van der Waals surface area contributed by atoms with Crippen molar-refractivity contribution in [2.45, 2.75) is 45.1 Å². The summed E-state index contributed by atoms with van der Waals surface area (Å²) < 4.78 is 5.95. The second-order valence-electron chi connectivity index (χ2n) is 8.02. The highest BCUT2D eigenvalue weighted by Gasteiger charge is 2.31. The summed E-state index contributed by atoms with van der Waals surface area (Å²) in [4.78, 5) is 27.3. The van der Waals surface area contributed by atoms with E-state index in [4.69, 9.17) is 4.74 Å². The molecule has 29 heavy (non-hydrogen) atoms. The molecule has 152 valence electrons. The van der Waals surface area contributed by atoms with Gasteiger partial charge in [0.05, 0.1) is 5.92 Å². The number of para-hydroxylation sites is 1. The Balaban J connectivity index is 1.34. The van der Waals surface area contributed by atoms with Crippen LogP contribution < -0.4 is 10.1 Å². The highest BCUT2D eigenvalue weighted by Crippen LogP contribution is 2.27. The Labute approximate surface area is 172 Å². The van der Waals surface area contributed by atoms with Crippen molar-refractivity contribution in [1.29, 1.82) is 0 Å². The maximum Gasteiger partial charge on any atom is 0.263 e. The Morgan fingerprint density at radius 2 is 1.86 bits per heavy atom. The molecule has 2 atom stereocenters. The van der Waals surface area contributed by atoms with Crippen molar-refractivity contribution >= 4 is 17.5 Å². The summed E-state index contributed by atoms with van der Waals surface area (Å²) in [6.07, 6.45) is 4.45. The van der Waals surface area contributed by atoms with Gasteiger partial charge in [-0.1, -0.05) is 24.3 Å². The SMILES string of the molecule is C[C@@H](Oc1ccc2c(c1)CCC2)C(=O)N1CCC[C@H](C(=O)Nc2ccccc2)C1. The van der Waals surface area contributed by atoms with Crippen molar-refractivity contribution in [3.05, 3.63) is 59.7 Å². The van der Waals surface area contributed by atoms with Crippen molar-refractivity contribution in [2.75, 3.05) is 18.4 Å². The Bertz CT molecular complexity index is 881. The van der Waals surface area contributed by atoms with E-state index in [-0.39, 0.29) is 17.7 Å². The summed E-state index contributed by atoms with van der Waals surface area (Å²) in [6.45, 7) is 2.91. The average molecular weight is 392 g/mol. The second-order valence-corrected chi connectivity index (χ2v) is 8.02. The molecule has 2 amide bonds. The highest BCUT2D eigenvalue weighted by atomic mass is 16.5. The van der Waals surface area contributed by atoms with Crippen LogP contribution in [0.5, 0.6) is 5.75 Å². The van der Waals surface area contributed by atoms with Gasteiger partial charge in [-0.2, -0.15) is 0 Å². The molecule has 0 spiro atoms. The molecule has 0 unspecified atom stereocenters. The van der Waals surface area contributed by atoms with Gasteiger partial charge in [-0.15, -0.1) is 0 Å². The molecule has 0 saturated carbocycles. The number of hydrogen-bond acceptors (Lipinski definition) is 3. The van der Waals surface area contributed by atoms with Crippen LogP contribution in [0.15, 0.2) is 48.5 Å². The number of carbonyl (C=O) groups excluding carboxylic acids is 2. The predicted octanol–water partition coefficient (Wildman–Crippen LogP) is 3.82. The van der Waals surface area contributed by atoms with Gasteiger partial charge in [-0.25, -0.2) is 0 Å². The van der Waals surface area contributed by atoms with E-state index in [2.05, 4.69) is 17.4 Å². The number of rotatable bonds is 5. The van der Waals surface area contributed by atoms with Gasteiger partial charge in [-0.3, -0.25) is 9.59 Å². The number of piperidine rings is 1. The molecule has 2 aromatic rings. The Morgan fingerprint density at radius 1 is 1.07 bits per heavy atom. The molecule has 0 bridgehead atoms. The number of fused-ring (bicyclic) bond motifs is 1. The third-order valence-electron chi connectivity index (χ3n) is 5.88. The monoisotopic (exact) mass is 392 g/mol. The number of nitrogens with one attached hydrogen (secondary N) is 1. The van der Waals surface area contributed by atoms with Gasteiger partial charge >= 0.3 is 0 Å². The summed E-state index contributed by atoms with van der Waals surface area (Å²) in [7, 11) is 0. The summed E-state index contributed by atoms with van der Waals surface area (Å²) in [5.41, 5.74) is 3.51. The van der Waals surface area contributed by atoms with Gasteiger partial charge in [-0.05, 0) is 74.4 Å². The van der Waals surface area contributed by atoms with E-state index in [0.717, 1.165) is 37.1 Å². The smallest absolute Gasteiger partial charge is 0.263 e. The van der Waals surface area contributed by atoms with Crippen molar-refractivity contribution in [1.82, 2.24) is 4.90 Å². The fraction of sp³-hybridized carbons (Fsp3) is 0.417. The minimum atomic E-state index is -0.564. The van der Waals surface area contributed by atoms with Gasteiger partial charge in [0.25, 0.3) is 5.91 Å². The van der Waals surface area contributed by atoms with Gasteiger partial charge in [0.1, 0.15) is 5.75 Å². The maximum absolute atomic E-state index is 12.9. The number of hydrogen-bond donors (Lipinski definition) is 1. The van der Waals surface area contributed by atoms with Gasteiger partial charge in [0.15, 0.2) is 6.10 Å². The standard InChI is InChI=1S/C24H28N2O3/c1-17(29-22-13-12-18-7-5-8-19(18)15-22)24(28)26-14-6-9-20(16-26)23(27)25-21-10-3-2-4-11-21/h2-4,10-13,15,17,20H,5-9,14,16H2,1H3,(H,25,27)/t17-,20+/m1/s1. The lowest BCUT2D eigenvalue weighted by atomic mass is 9.96. The molecule has 1 heterocycles. The van der Waals surface area contributed by atoms with Gasteiger partial charge < -0.3 is 15.0 Å². The molecule has 1 aliphatic heterocycles. The molecule has 0 aromatic heterocycles. The number of likely N-dealkylation sites (tertiary alicyclic amines) is 1. The van der Waals surface area contributed by atoms with Crippen LogP contribution in [0.2, 0.25) is 0 Å². The van der Waals surface area contributed by atoms with E-state index in [1.54, 1.807) is 11.8 Å².